The average Bonchev–Trinajstić information content (AvgIpc) is 2.78. The van der Waals surface area contributed by atoms with Crippen molar-refractivity contribution in [2.24, 2.45) is 7.05 Å². The van der Waals surface area contributed by atoms with Crippen LogP contribution >= 0.6 is 0 Å². The second-order valence-electron chi connectivity index (χ2n) is 6.02. The summed E-state index contributed by atoms with van der Waals surface area (Å²) >= 11 is 0. The van der Waals surface area contributed by atoms with E-state index in [0.717, 1.165) is 16.6 Å². The van der Waals surface area contributed by atoms with Gasteiger partial charge in [0.15, 0.2) is 5.65 Å². The summed E-state index contributed by atoms with van der Waals surface area (Å²) in [5.74, 6) is 0. The molecule has 5 nitrogen and oxygen atoms in total. The molecule has 0 unspecified atom stereocenters. The molecular weight excluding hydrogens is 241 g/mol. The summed E-state index contributed by atoms with van der Waals surface area (Å²) < 4.78 is 14.1. The van der Waals surface area contributed by atoms with E-state index in [1.807, 2.05) is 17.7 Å². The summed E-state index contributed by atoms with van der Waals surface area (Å²) in [6.07, 6.45) is 3.50. The van der Waals surface area contributed by atoms with Crippen molar-refractivity contribution in [1.82, 2.24) is 14.5 Å². The molecule has 1 aliphatic heterocycles. The van der Waals surface area contributed by atoms with Crippen LogP contribution in [0.2, 0.25) is 0 Å². The number of hydrogen-bond acceptors (Lipinski definition) is 4. The third kappa shape index (κ3) is 1.78. The standard InChI is InChI=1S/C13H18BN3O2/c1-12(2)13(3,4)19-14(18-12)9-6-7-15-11-10(9)17(5)8-16-11/h6-8H,1-5H3. The Hall–Kier alpha value is -1.40. The van der Waals surface area contributed by atoms with E-state index in [1.54, 1.807) is 12.5 Å². The van der Waals surface area contributed by atoms with Gasteiger partial charge in [-0.3, -0.25) is 0 Å². The molecule has 0 radical (unpaired) electrons. The number of aromatic nitrogens is 3. The van der Waals surface area contributed by atoms with Crippen LogP contribution in [0.5, 0.6) is 0 Å². The molecule has 2 aromatic heterocycles. The van der Waals surface area contributed by atoms with Crippen LogP contribution in [0.4, 0.5) is 0 Å². The molecule has 0 atom stereocenters. The number of nitrogens with zero attached hydrogens (tertiary/aromatic N) is 3. The minimum atomic E-state index is -0.383. The fourth-order valence-corrected chi connectivity index (χ4v) is 2.27. The number of hydrogen-bond donors (Lipinski definition) is 0. The lowest BCUT2D eigenvalue weighted by molar-refractivity contribution is 0.00578. The topological polar surface area (TPSA) is 49.2 Å². The number of rotatable bonds is 1. The maximum absolute atomic E-state index is 6.09. The van der Waals surface area contributed by atoms with E-state index in [9.17, 15) is 0 Å². The lowest BCUT2D eigenvalue weighted by atomic mass is 9.79. The Labute approximate surface area is 113 Å². The van der Waals surface area contributed by atoms with Gasteiger partial charge in [0.2, 0.25) is 0 Å². The minimum absolute atomic E-state index is 0.341. The fourth-order valence-electron chi connectivity index (χ4n) is 2.27. The van der Waals surface area contributed by atoms with Crippen LogP contribution in [-0.2, 0) is 16.4 Å². The molecule has 0 bridgehead atoms. The highest BCUT2D eigenvalue weighted by Gasteiger charge is 2.52. The molecule has 3 rings (SSSR count). The van der Waals surface area contributed by atoms with Gasteiger partial charge in [-0.15, -0.1) is 0 Å². The Morgan fingerprint density at radius 2 is 1.74 bits per heavy atom. The van der Waals surface area contributed by atoms with E-state index in [-0.39, 0.29) is 18.3 Å². The highest BCUT2D eigenvalue weighted by molar-refractivity contribution is 6.64. The second kappa shape index (κ2) is 3.80. The third-order valence-electron chi connectivity index (χ3n) is 4.15. The van der Waals surface area contributed by atoms with Gasteiger partial charge in [-0.1, -0.05) is 0 Å². The smallest absolute Gasteiger partial charge is 0.399 e. The van der Waals surface area contributed by atoms with E-state index in [2.05, 4.69) is 37.7 Å². The Kier molecular flexibility index (Phi) is 2.53. The second-order valence-corrected chi connectivity index (χ2v) is 6.02. The van der Waals surface area contributed by atoms with E-state index in [4.69, 9.17) is 9.31 Å². The molecule has 1 fully saturated rings. The van der Waals surface area contributed by atoms with Gasteiger partial charge in [0.1, 0.15) is 0 Å². The molecule has 1 aliphatic rings. The maximum atomic E-state index is 6.09. The van der Waals surface area contributed by atoms with Crippen molar-refractivity contribution in [3.05, 3.63) is 18.6 Å². The number of pyridine rings is 1. The van der Waals surface area contributed by atoms with Crippen LogP contribution in [0.25, 0.3) is 11.2 Å². The Bertz CT molecular complexity index is 620. The van der Waals surface area contributed by atoms with Crippen LogP contribution in [0.15, 0.2) is 18.6 Å². The number of fused-ring (bicyclic) bond motifs is 1. The van der Waals surface area contributed by atoms with Crippen LogP contribution in [0.1, 0.15) is 27.7 Å². The van der Waals surface area contributed by atoms with Crippen LogP contribution in [0.3, 0.4) is 0 Å². The molecule has 0 aromatic carbocycles. The molecule has 0 spiro atoms. The van der Waals surface area contributed by atoms with E-state index >= 15 is 0 Å². The van der Waals surface area contributed by atoms with Crippen LogP contribution in [-0.4, -0.2) is 32.9 Å². The summed E-state index contributed by atoms with van der Waals surface area (Å²) in [4.78, 5) is 8.53. The van der Waals surface area contributed by atoms with Crippen LogP contribution < -0.4 is 5.46 Å². The molecule has 19 heavy (non-hydrogen) atoms. The predicted octanol–water partition coefficient (Wildman–Crippen LogP) is 1.27. The van der Waals surface area contributed by atoms with Gasteiger partial charge in [-0.25, -0.2) is 9.97 Å². The van der Waals surface area contributed by atoms with E-state index in [1.165, 1.54) is 0 Å². The van der Waals surface area contributed by atoms with E-state index in [0.29, 0.717) is 0 Å². The summed E-state index contributed by atoms with van der Waals surface area (Å²) in [5.41, 5.74) is 1.97. The summed E-state index contributed by atoms with van der Waals surface area (Å²) in [6.45, 7) is 8.20. The molecule has 3 heterocycles. The molecular formula is C13H18BN3O2. The molecule has 0 amide bonds. The molecule has 100 valence electrons. The average molecular weight is 259 g/mol. The van der Waals surface area contributed by atoms with Crippen molar-refractivity contribution >= 4 is 23.7 Å². The fraction of sp³-hybridized carbons (Fsp3) is 0.538. The summed E-state index contributed by atoms with van der Waals surface area (Å²) in [7, 11) is 1.57. The molecule has 0 saturated carbocycles. The first-order valence-electron chi connectivity index (χ1n) is 6.43. The first-order valence-corrected chi connectivity index (χ1v) is 6.43. The summed E-state index contributed by atoms with van der Waals surface area (Å²) in [6, 6.07) is 1.94. The van der Waals surface area contributed by atoms with Gasteiger partial charge in [0, 0.05) is 18.7 Å². The zero-order valence-electron chi connectivity index (χ0n) is 12.0. The first-order chi connectivity index (χ1) is 8.82. The molecule has 2 aromatic rings. The van der Waals surface area contributed by atoms with Crippen molar-refractivity contribution in [3.8, 4) is 0 Å². The lowest BCUT2D eigenvalue weighted by Gasteiger charge is -2.32. The van der Waals surface area contributed by atoms with Gasteiger partial charge in [0.05, 0.1) is 23.0 Å². The van der Waals surface area contributed by atoms with Gasteiger partial charge in [-0.2, -0.15) is 0 Å². The van der Waals surface area contributed by atoms with Crippen molar-refractivity contribution in [3.63, 3.8) is 0 Å². The third-order valence-corrected chi connectivity index (χ3v) is 4.15. The number of aryl methyl sites for hydroxylation is 1. The molecule has 0 N–H and O–H groups in total. The van der Waals surface area contributed by atoms with Gasteiger partial charge < -0.3 is 13.9 Å². The van der Waals surface area contributed by atoms with Gasteiger partial charge in [-0.05, 0) is 33.8 Å². The van der Waals surface area contributed by atoms with Crippen molar-refractivity contribution in [2.75, 3.05) is 0 Å². The Balaban J connectivity index is 2.10. The zero-order valence-corrected chi connectivity index (χ0v) is 12.0. The SMILES string of the molecule is Cn1cnc2nccc(B3OC(C)(C)C(C)(C)O3)c21. The van der Waals surface area contributed by atoms with Crippen molar-refractivity contribution < 1.29 is 9.31 Å². The predicted molar refractivity (Wildman–Crippen MR) is 74.2 cm³/mol. The first kappa shape index (κ1) is 12.6. The molecule has 0 aliphatic carbocycles. The molecule has 6 heteroatoms. The van der Waals surface area contributed by atoms with Gasteiger partial charge in [0.25, 0.3) is 0 Å². The Morgan fingerprint density at radius 3 is 2.37 bits per heavy atom. The highest BCUT2D eigenvalue weighted by atomic mass is 16.7. The highest BCUT2D eigenvalue weighted by Crippen LogP contribution is 2.36. The zero-order chi connectivity index (χ0) is 13.8. The Morgan fingerprint density at radius 1 is 1.11 bits per heavy atom. The lowest BCUT2D eigenvalue weighted by Crippen LogP contribution is -2.41. The largest absolute Gasteiger partial charge is 0.497 e. The number of imidazole rings is 1. The maximum Gasteiger partial charge on any atom is 0.497 e. The monoisotopic (exact) mass is 259 g/mol. The molecule has 1 saturated heterocycles. The van der Waals surface area contributed by atoms with Crippen LogP contribution in [0, 0.1) is 0 Å². The van der Waals surface area contributed by atoms with Crippen molar-refractivity contribution in [1.29, 1.82) is 0 Å². The van der Waals surface area contributed by atoms with Crippen molar-refractivity contribution in [2.45, 2.75) is 38.9 Å². The van der Waals surface area contributed by atoms with E-state index < -0.39 is 0 Å². The minimum Gasteiger partial charge on any atom is -0.399 e. The summed E-state index contributed by atoms with van der Waals surface area (Å²) in [5, 5.41) is 0. The van der Waals surface area contributed by atoms with Gasteiger partial charge >= 0.3 is 7.12 Å². The quantitative estimate of drug-likeness (QED) is 0.723. The normalized spacial score (nSPS) is 21.2.